The van der Waals surface area contributed by atoms with Crippen molar-refractivity contribution in [1.29, 1.82) is 0 Å². The van der Waals surface area contributed by atoms with Crippen LogP contribution in [0.15, 0.2) is 23.3 Å². The van der Waals surface area contributed by atoms with E-state index in [0.717, 1.165) is 0 Å². The summed E-state index contributed by atoms with van der Waals surface area (Å²) < 4.78 is 0. The van der Waals surface area contributed by atoms with Crippen LogP contribution in [0.5, 0.6) is 0 Å². The highest BCUT2D eigenvalue weighted by Crippen LogP contribution is 2.51. The van der Waals surface area contributed by atoms with E-state index in [4.69, 9.17) is 0 Å². The summed E-state index contributed by atoms with van der Waals surface area (Å²) in [6.07, 6.45) is 11.7. The summed E-state index contributed by atoms with van der Waals surface area (Å²) in [6.45, 7) is 2.44. The van der Waals surface area contributed by atoms with Crippen LogP contribution in [0.25, 0.3) is 0 Å². The second-order valence-electron chi connectivity index (χ2n) is 4.14. The van der Waals surface area contributed by atoms with Gasteiger partial charge in [-0.2, -0.15) is 0 Å². The maximum Gasteiger partial charge on any atom is -0.00644 e. The van der Waals surface area contributed by atoms with Gasteiger partial charge in [0.05, 0.1) is 0 Å². The average Bonchev–Trinajstić information content (AvgIpc) is 2.58. The number of allylic oxidation sites excluding steroid dienone is 3. The van der Waals surface area contributed by atoms with E-state index in [-0.39, 0.29) is 0 Å². The van der Waals surface area contributed by atoms with Crippen LogP contribution in [0.2, 0.25) is 0 Å². The Balaban J connectivity index is 2.08. The number of hydrogen-bond acceptors (Lipinski definition) is 0. The molecule has 1 aliphatic carbocycles. The lowest BCUT2D eigenvalue weighted by atomic mass is 9.75. The lowest BCUT2D eigenvalue weighted by Crippen LogP contribution is -2.20. The van der Waals surface area contributed by atoms with Gasteiger partial charge in [-0.15, -0.1) is 0 Å². The fourth-order valence-corrected chi connectivity index (χ4v) is 3.29. The van der Waals surface area contributed by atoms with E-state index in [1.54, 1.807) is 5.31 Å². The first-order valence-corrected chi connectivity index (χ1v) is 5.86. The molecule has 2 rings (SSSR count). The molecule has 1 saturated carbocycles. The molecule has 0 aromatic rings. The van der Waals surface area contributed by atoms with Gasteiger partial charge in [-0.3, -0.25) is 0 Å². The van der Waals surface area contributed by atoms with Crippen molar-refractivity contribution in [2.45, 2.75) is 39.0 Å². The molecule has 0 aromatic heterocycles. The van der Waals surface area contributed by atoms with Gasteiger partial charge in [0.1, 0.15) is 0 Å². The highest BCUT2D eigenvalue weighted by molar-refractivity contribution is 7.47. The smallest absolute Gasteiger partial charge is 0.00644 e. The molecule has 1 aliphatic heterocycles. The first-order valence-electron chi connectivity index (χ1n) is 4.89. The lowest BCUT2D eigenvalue weighted by molar-refractivity contribution is 0.280. The van der Waals surface area contributed by atoms with Crippen LogP contribution in [0.3, 0.4) is 0 Å². The lowest BCUT2D eigenvalue weighted by Gasteiger charge is -2.34. The Bertz CT molecular complexity index is 219. The van der Waals surface area contributed by atoms with Gasteiger partial charge in [0.2, 0.25) is 0 Å². The molecule has 0 unspecified atom stereocenters. The van der Waals surface area contributed by atoms with E-state index in [9.17, 15) is 0 Å². The Hall–Kier alpha value is -0.0900. The molecule has 0 aromatic carbocycles. The third kappa shape index (κ3) is 1.50. The van der Waals surface area contributed by atoms with Crippen LogP contribution in [-0.2, 0) is 0 Å². The summed E-state index contributed by atoms with van der Waals surface area (Å²) in [4.78, 5) is 0. The summed E-state index contributed by atoms with van der Waals surface area (Å²) >= 11 is 0. The first-order chi connectivity index (χ1) is 5.81. The van der Waals surface area contributed by atoms with Crippen molar-refractivity contribution in [2.24, 2.45) is 5.41 Å². The van der Waals surface area contributed by atoms with Crippen molar-refractivity contribution in [3.63, 3.8) is 0 Å². The third-order valence-corrected chi connectivity index (χ3v) is 4.42. The zero-order chi connectivity index (χ0) is 8.44. The average molecular weight is 179 g/mol. The predicted octanol–water partition coefficient (Wildman–Crippen LogP) is 4.31. The zero-order valence-corrected chi connectivity index (χ0v) is 8.61. The van der Waals surface area contributed by atoms with Crippen molar-refractivity contribution < 1.29 is 0 Å². The van der Waals surface area contributed by atoms with Gasteiger partial charge in [0.25, 0.3) is 0 Å². The quantitative estimate of drug-likeness (QED) is 0.526. The zero-order valence-electron chi connectivity index (χ0n) is 7.71. The highest BCUT2D eigenvalue weighted by Gasteiger charge is 2.30. The summed E-state index contributed by atoms with van der Waals surface area (Å²) in [5, 5.41) is 1.65. The van der Waals surface area contributed by atoms with Crippen molar-refractivity contribution in [1.82, 2.24) is 0 Å². The van der Waals surface area contributed by atoms with Gasteiger partial charge in [-0.1, -0.05) is 44.2 Å². The first kappa shape index (κ1) is 8.51. The van der Waals surface area contributed by atoms with Gasteiger partial charge in [-0.25, -0.2) is 0 Å². The van der Waals surface area contributed by atoms with Gasteiger partial charge >= 0.3 is 0 Å². The fraction of sp³-hybridized carbons (Fsp3) is 0.636. The molecule has 0 amide bonds. The summed E-state index contributed by atoms with van der Waals surface area (Å²) in [5.74, 6) is 2.26. The van der Waals surface area contributed by atoms with E-state index in [0.29, 0.717) is 5.41 Å². The molecule has 12 heavy (non-hydrogen) atoms. The van der Waals surface area contributed by atoms with E-state index in [1.165, 1.54) is 40.7 Å². The van der Waals surface area contributed by atoms with E-state index >= 15 is 0 Å². The second kappa shape index (κ2) is 3.34. The topological polar surface area (TPSA) is 0 Å². The van der Waals surface area contributed by atoms with Crippen molar-refractivity contribution in [3.8, 4) is 0 Å². The van der Waals surface area contributed by atoms with Gasteiger partial charge < -0.3 is 0 Å². The molecular formula is C11H16P. The molecule has 0 spiro atoms. The molecule has 2 aliphatic rings. The minimum atomic E-state index is 0.545. The monoisotopic (exact) mass is 179 g/mol. The Morgan fingerprint density at radius 1 is 1.25 bits per heavy atom. The molecule has 0 atom stereocenters. The predicted molar refractivity (Wildman–Crippen MR) is 55.3 cm³/mol. The number of rotatable bonds is 1. The maximum absolute atomic E-state index is 2.44. The summed E-state index contributed by atoms with van der Waals surface area (Å²) in [6, 6.07) is 0. The Kier molecular flexibility index (Phi) is 2.37. The van der Waals surface area contributed by atoms with Crippen LogP contribution in [0.1, 0.15) is 39.0 Å². The molecule has 0 saturated heterocycles. The van der Waals surface area contributed by atoms with E-state index in [1.807, 2.05) is 0 Å². The molecule has 1 fully saturated rings. The van der Waals surface area contributed by atoms with Crippen LogP contribution in [0.4, 0.5) is 0 Å². The molecule has 1 heterocycles. The Labute approximate surface area is 76.9 Å². The minimum Gasteiger partial charge on any atom is -0.0608 e. The molecular weight excluding hydrogens is 163 g/mol. The molecule has 1 heteroatoms. The van der Waals surface area contributed by atoms with Gasteiger partial charge in [0.15, 0.2) is 0 Å². The SMILES string of the molecule is CC1(C2=CC=C[P]2)CCCCC1. The molecule has 1 radical (unpaired) electrons. The Morgan fingerprint density at radius 2 is 2.00 bits per heavy atom. The van der Waals surface area contributed by atoms with Crippen LogP contribution < -0.4 is 0 Å². The van der Waals surface area contributed by atoms with Crippen LogP contribution >= 0.6 is 8.58 Å². The van der Waals surface area contributed by atoms with Crippen LogP contribution in [0, 0.1) is 5.41 Å². The van der Waals surface area contributed by atoms with Crippen molar-refractivity contribution in [2.75, 3.05) is 0 Å². The molecule has 0 nitrogen and oxygen atoms in total. The van der Waals surface area contributed by atoms with Crippen molar-refractivity contribution in [3.05, 3.63) is 23.3 Å². The van der Waals surface area contributed by atoms with Gasteiger partial charge in [-0.05, 0) is 32.2 Å². The minimum absolute atomic E-state index is 0.545. The molecule has 0 bridgehead atoms. The fourth-order valence-electron chi connectivity index (χ4n) is 2.25. The van der Waals surface area contributed by atoms with Gasteiger partial charge in [0, 0.05) is 0 Å². The second-order valence-corrected chi connectivity index (χ2v) is 5.18. The standard InChI is InChI=1S/C11H16P/c1-11(7-3-2-4-8-11)10-6-5-9-12-10/h5-6,9H,2-4,7-8H2,1H3. The molecule has 65 valence electrons. The number of hydrogen-bond donors (Lipinski definition) is 0. The van der Waals surface area contributed by atoms with Crippen LogP contribution in [-0.4, -0.2) is 0 Å². The highest BCUT2D eigenvalue weighted by atomic mass is 31.1. The summed E-state index contributed by atoms with van der Waals surface area (Å²) in [7, 11) is 1.46. The van der Waals surface area contributed by atoms with E-state index < -0.39 is 0 Å². The molecule has 0 N–H and O–H groups in total. The third-order valence-electron chi connectivity index (χ3n) is 3.13. The maximum atomic E-state index is 2.44. The normalized spacial score (nSPS) is 29.2. The summed E-state index contributed by atoms with van der Waals surface area (Å²) in [5.41, 5.74) is 0.545. The Morgan fingerprint density at radius 3 is 2.58 bits per heavy atom. The van der Waals surface area contributed by atoms with E-state index in [2.05, 4.69) is 24.9 Å². The van der Waals surface area contributed by atoms with Crippen molar-refractivity contribution >= 4 is 8.58 Å². The largest absolute Gasteiger partial charge is 0.0608 e.